The highest BCUT2D eigenvalue weighted by molar-refractivity contribution is 7.00. The zero-order chi connectivity index (χ0) is 31.7. The van der Waals surface area contributed by atoms with E-state index in [0.29, 0.717) is 6.04 Å². The first-order valence-electron chi connectivity index (χ1n) is 16.9. The first kappa shape index (κ1) is 32.1. The van der Waals surface area contributed by atoms with Gasteiger partial charge in [0.2, 0.25) is 0 Å². The molecule has 2 aliphatic heterocycles. The second-order valence-electron chi connectivity index (χ2n) is 15.1. The standard InChI is InChI=1S/C40H51NO2Si2/c1-39(2,3)44(32-21-11-7-12-22-32,33-23-13-8-14-24-33)42-37-31-41-30-20-19-29-36(41)38(37)43-45(40(4,5)6,34-25-15-9-16-26-34)35-27-17-10-18-28-35/h7-18,21-28,36-38H,19-20,29-31H2,1-6H3/t36-,37-,38-/m1/s1. The normalized spacial score (nSPS) is 21.4. The molecule has 0 spiro atoms. The lowest BCUT2D eigenvalue weighted by atomic mass is 10.0. The molecule has 0 N–H and O–H groups in total. The largest absolute Gasteiger partial charge is 0.400 e. The second kappa shape index (κ2) is 12.8. The molecule has 0 saturated carbocycles. The average molecular weight is 634 g/mol. The minimum absolute atomic E-state index is 0.0294. The van der Waals surface area contributed by atoms with E-state index >= 15 is 0 Å². The molecule has 2 saturated heterocycles. The van der Waals surface area contributed by atoms with Crippen molar-refractivity contribution in [1.82, 2.24) is 4.90 Å². The molecule has 2 fully saturated rings. The highest BCUT2D eigenvalue weighted by atomic mass is 28.4. The Morgan fingerprint density at radius 3 is 1.29 bits per heavy atom. The third kappa shape index (κ3) is 5.83. The van der Waals surface area contributed by atoms with Crippen LogP contribution in [0.5, 0.6) is 0 Å². The molecule has 0 bridgehead atoms. The summed E-state index contributed by atoms with van der Waals surface area (Å²) in [5.41, 5.74) is 0. The molecule has 3 nitrogen and oxygen atoms in total. The fourth-order valence-electron chi connectivity index (χ4n) is 8.27. The van der Waals surface area contributed by atoms with Crippen molar-refractivity contribution in [2.75, 3.05) is 13.1 Å². The van der Waals surface area contributed by atoms with Crippen LogP contribution in [0, 0.1) is 0 Å². The fourth-order valence-corrected chi connectivity index (χ4v) is 17.7. The SMILES string of the molecule is CC(C)(C)[Si](O[C@@H]1[C@H]2CCCCN2C[C@H]1O[Si](c1ccccc1)(c1ccccc1)C(C)(C)C)(c1ccccc1)c1ccccc1. The topological polar surface area (TPSA) is 21.7 Å². The Labute approximate surface area is 273 Å². The maximum absolute atomic E-state index is 8.04. The molecular formula is C40H51NO2Si2. The monoisotopic (exact) mass is 633 g/mol. The van der Waals surface area contributed by atoms with Crippen molar-refractivity contribution < 1.29 is 8.85 Å². The van der Waals surface area contributed by atoms with Gasteiger partial charge in [-0.2, -0.15) is 0 Å². The zero-order valence-electron chi connectivity index (χ0n) is 28.1. The smallest absolute Gasteiger partial charge is 0.261 e. The van der Waals surface area contributed by atoms with E-state index in [9.17, 15) is 0 Å². The van der Waals surface area contributed by atoms with Crippen LogP contribution in [0.15, 0.2) is 121 Å². The number of hydrogen-bond donors (Lipinski definition) is 0. The van der Waals surface area contributed by atoms with Crippen molar-refractivity contribution >= 4 is 37.4 Å². The molecule has 0 unspecified atom stereocenters. The van der Waals surface area contributed by atoms with Crippen molar-refractivity contribution in [3.05, 3.63) is 121 Å². The summed E-state index contributed by atoms with van der Waals surface area (Å²) in [5.74, 6) is 0. The summed E-state index contributed by atoms with van der Waals surface area (Å²) in [5, 5.41) is 5.14. The minimum Gasteiger partial charge on any atom is -0.400 e. The molecule has 2 heterocycles. The summed E-state index contributed by atoms with van der Waals surface area (Å²) < 4.78 is 16.0. The van der Waals surface area contributed by atoms with E-state index in [1.807, 2.05) is 0 Å². The van der Waals surface area contributed by atoms with Crippen molar-refractivity contribution in [2.24, 2.45) is 0 Å². The molecule has 4 aromatic rings. The van der Waals surface area contributed by atoms with E-state index in [-0.39, 0.29) is 22.3 Å². The van der Waals surface area contributed by atoms with E-state index in [1.165, 1.54) is 33.6 Å². The van der Waals surface area contributed by atoms with Crippen LogP contribution in [0.4, 0.5) is 0 Å². The van der Waals surface area contributed by atoms with Gasteiger partial charge in [-0.25, -0.2) is 0 Å². The molecule has 4 aromatic carbocycles. The summed E-state index contributed by atoms with van der Waals surface area (Å²) in [4.78, 5) is 2.70. The maximum atomic E-state index is 8.04. The number of piperidine rings is 1. The molecule has 6 rings (SSSR count). The average Bonchev–Trinajstić information content (AvgIpc) is 3.39. The summed E-state index contributed by atoms with van der Waals surface area (Å²) in [6.45, 7) is 16.4. The maximum Gasteiger partial charge on any atom is 0.261 e. The van der Waals surface area contributed by atoms with Gasteiger partial charge < -0.3 is 8.85 Å². The summed E-state index contributed by atoms with van der Waals surface area (Å²) in [6, 6.07) is 44.8. The predicted octanol–water partition coefficient (Wildman–Crippen LogP) is 6.74. The second-order valence-corrected chi connectivity index (χ2v) is 23.6. The van der Waals surface area contributed by atoms with E-state index in [4.69, 9.17) is 8.85 Å². The molecule has 0 amide bonds. The number of nitrogens with zero attached hydrogens (tertiary/aromatic N) is 1. The van der Waals surface area contributed by atoms with Gasteiger partial charge in [-0.1, -0.05) is 169 Å². The van der Waals surface area contributed by atoms with E-state index in [1.54, 1.807) is 0 Å². The van der Waals surface area contributed by atoms with Crippen LogP contribution in [0.1, 0.15) is 60.8 Å². The number of fused-ring (bicyclic) bond motifs is 1. The lowest BCUT2D eigenvalue weighted by Crippen LogP contribution is -2.71. The lowest BCUT2D eigenvalue weighted by Gasteiger charge is -2.49. The van der Waals surface area contributed by atoms with Gasteiger partial charge in [0.05, 0.1) is 12.2 Å². The molecule has 5 heteroatoms. The Balaban J connectivity index is 1.53. The molecular weight excluding hydrogens is 583 g/mol. The molecule has 3 atom stereocenters. The van der Waals surface area contributed by atoms with Gasteiger partial charge in [-0.3, -0.25) is 4.90 Å². The van der Waals surface area contributed by atoms with Crippen molar-refractivity contribution in [3.8, 4) is 0 Å². The van der Waals surface area contributed by atoms with Crippen LogP contribution in [0.3, 0.4) is 0 Å². The zero-order valence-corrected chi connectivity index (χ0v) is 30.1. The highest BCUT2D eigenvalue weighted by Crippen LogP contribution is 2.44. The van der Waals surface area contributed by atoms with Gasteiger partial charge >= 0.3 is 0 Å². The third-order valence-corrected chi connectivity index (χ3v) is 20.4. The number of benzene rings is 4. The Bertz CT molecular complexity index is 1440. The van der Waals surface area contributed by atoms with Crippen LogP contribution in [-0.2, 0) is 8.85 Å². The van der Waals surface area contributed by atoms with E-state index in [0.717, 1.165) is 19.5 Å². The molecule has 0 radical (unpaired) electrons. The Morgan fingerprint density at radius 2 is 0.911 bits per heavy atom. The Kier molecular flexibility index (Phi) is 9.12. The van der Waals surface area contributed by atoms with Gasteiger partial charge in [-0.15, -0.1) is 0 Å². The fraction of sp³-hybridized carbons (Fsp3) is 0.400. The van der Waals surface area contributed by atoms with Gasteiger partial charge in [-0.05, 0) is 50.2 Å². The molecule has 45 heavy (non-hydrogen) atoms. The van der Waals surface area contributed by atoms with Crippen LogP contribution >= 0.6 is 0 Å². The summed E-state index contributed by atoms with van der Waals surface area (Å²) >= 11 is 0. The van der Waals surface area contributed by atoms with Crippen molar-refractivity contribution in [3.63, 3.8) is 0 Å². The van der Waals surface area contributed by atoms with Crippen LogP contribution < -0.4 is 20.7 Å². The molecule has 2 aliphatic rings. The first-order valence-corrected chi connectivity index (χ1v) is 20.7. The predicted molar refractivity (Wildman–Crippen MR) is 194 cm³/mol. The minimum atomic E-state index is -2.80. The third-order valence-electron chi connectivity index (χ3n) is 10.3. The van der Waals surface area contributed by atoms with Crippen molar-refractivity contribution in [1.29, 1.82) is 0 Å². The van der Waals surface area contributed by atoms with Crippen LogP contribution in [-0.4, -0.2) is 52.9 Å². The lowest BCUT2D eigenvalue weighted by molar-refractivity contribution is 0.0503. The van der Waals surface area contributed by atoms with Crippen molar-refractivity contribution in [2.45, 2.75) is 89.1 Å². The van der Waals surface area contributed by atoms with Crippen LogP contribution in [0.25, 0.3) is 0 Å². The van der Waals surface area contributed by atoms with Gasteiger partial charge in [0, 0.05) is 12.6 Å². The first-order chi connectivity index (χ1) is 21.6. The van der Waals surface area contributed by atoms with Gasteiger partial charge in [0.15, 0.2) is 0 Å². The Hall–Kier alpha value is -2.81. The van der Waals surface area contributed by atoms with Gasteiger partial charge in [0.1, 0.15) is 0 Å². The van der Waals surface area contributed by atoms with E-state index in [2.05, 4.69) is 168 Å². The molecule has 236 valence electrons. The van der Waals surface area contributed by atoms with E-state index < -0.39 is 16.6 Å². The highest BCUT2D eigenvalue weighted by Gasteiger charge is 2.59. The quantitative estimate of drug-likeness (QED) is 0.201. The van der Waals surface area contributed by atoms with Gasteiger partial charge in [0.25, 0.3) is 16.6 Å². The summed E-state index contributed by atoms with van der Waals surface area (Å²) in [6.07, 6.45) is 3.57. The molecule has 0 aromatic heterocycles. The Morgan fingerprint density at radius 1 is 0.533 bits per heavy atom. The number of rotatable bonds is 8. The van der Waals surface area contributed by atoms with Crippen LogP contribution in [0.2, 0.25) is 10.1 Å². The molecule has 0 aliphatic carbocycles. The summed E-state index contributed by atoms with van der Waals surface area (Å²) in [7, 11) is -5.60. The number of hydrogen-bond acceptors (Lipinski definition) is 3.